The SMILES string of the molecule is CCNc1cc(SCC(C)CC)nc(C(F)(F)F)n1. The standard InChI is InChI=1S/C12H18F3N3S/c1-4-8(3)7-19-10-6-9(16-5-2)17-11(18-10)12(13,14)15/h6,8H,4-5,7H2,1-3H3,(H,16,17,18). The second-order valence-corrected chi connectivity index (χ2v) is 5.31. The van der Waals surface area contributed by atoms with Crippen LogP contribution in [0, 0.1) is 5.92 Å². The first-order chi connectivity index (χ1) is 8.86. The summed E-state index contributed by atoms with van der Waals surface area (Å²) in [6.45, 7) is 6.44. The van der Waals surface area contributed by atoms with Crippen molar-refractivity contribution in [3.8, 4) is 0 Å². The van der Waals surface area contributed by atoms with Crippen molar-refractivity contribution in [3.63, 3.8) is 0 Å². The van der Waals surface area contributed by atoms with Crippen LogP contribution in [-0.4, -0.2) is 22.3 Å². The molecular formula is C12H18F3N3S. The summed E-state index contributed by atoms with van der Waals surface area (Å²) in [5.41, 5.74) is 0. The minimum absolute atomic E-state index is 0.219. The number of nitrogens with zero attached hydrogens (tertiary/aromatic N) is 2. The van der Waals surface area contributed by atoms with E-state index >= 15 is 0 Å². The lowest BCUT2D eigenvalue weighted by atomic mass is 10.2. The van der Waals surface area contributed by atoms with E-state index < -0.39 is 12.0 Å². The zero-order chi connectivity index (χ0) is 14.5. The Morgan fingerprint density at radius 2 is 2.00 bits per heavy atom. The highest BCUT2D eigenvalue weighted by Crippen LogP contribution is 2.30. The first-order valence-corrected chi connectivity index (χ1v) is 7.18. The van der Waals surface area contributed by atoms with Crippen molar-refractivity contribution in [1.82, 2.24) is 9.97 Å². The van der Waals surface area contributed by atoms with Crippen LogP contribution < -0.4 is 5.32 Å². The van der Waals surface area contributed by atoms with Crippen molar-refractivity contribution in [2.24, 2.45) is 5.92 Å². The second kappa shape index (κ2) is 6.98. The zero-order valence-corrected chi connectivity index (χ0v) is 12.0. The molecule has 0 aliphatic heterocycles. The van der Waals surface area contributed by atoms with Crippen LogP contribution in [0.3, 0.4) is 0 Å². The maximum Gasteiger partial charge on any atom is 0.451 e. The normalized spacial score (nSPS) is 13.4. The van der Waals surface area contributed by atoms with Crippen molar-refractivity contribution in [2.45, 2.75) is 38.4 Å². The highest BCUT2D eigenvalue weighted by Gasteiger charge is 2.35. The molecule has 0 aliphatic carbocycles. The number of hydrogen-bond acceptors (Lipinski definition) is 4. The number of halogens is 3. The molecule has 0 radical (unpaired) electrons. The van der Waals surface area contributed by atoms with E-state index in [2.05, 4.69) is 29.1 Å². The summed E-state index contributed by atoms with van der Waals surface area (Å²) >= 11 is 1.33. The van der Waals surface area contributed by atoms with E-state index in [0.29, 0.717) is 17.5 Å². The van der Waals surface area contributed by atoms with Gasteiger partial charge in [-0.2, -0.15) is 13.2 Å². The summed E-state index contributed by atoms with van der Waals surface area (Å²) < 4.78 is 38.1. The summed E-state index contributed by atoms with van der Waals surface area (Å²) in [4.78, 5) is 7.06. The minimum atomic E-state index is -4.52. The second-order valence-electron chi connectivity index (χ2n) is 4.27. The first-order valence-electron chi connectivity index (χ1n) is 6.19. The number of aromatic nitrogens is 2. The number of nitrogens with one attached hydrogen (secondary N) is 1. The van der Waals surface area contributed by atoms with Gasteiger partial charge >= 0.3 is 6.18 Å². The molecule has 0 amide bonds. The van der Waals surface area contributed by atoms with Crippen LogP contribution in [-0.2, 0) is 6.18 Å². The molecule has 1 unspecified atom stereocenters. The van der Waals surface area contributed by atoms with Gasteiger partial charge in [0, 0.05) is 18.4 Å². The Kier molecular flexibility index (Phi) is 5.90. The fourth-order valence-electron chi connectivity index (χ4n) is 1.24. The summed E-state index contributed by atoms with van der Waals surface area (Å²) in [5.74, 6) is 0.321. The summed E-state index contributed by atoms with van der Waals surface area (Å²) in [6.07, 6.45) is -3.53. The Morgan fingerprint density at radius 3 is 2.53 bits per heavy atom. The topological polar surface area (TPSA) is 37.8 Å². The molecule has 7 heteroatoms. The van der Waals surface area contributed by atoms with E-state index in [1.54, 1.807) is 13.0 Å². The molecular weight excluding hydrogens is 275 g/mol. The van der Waals surface area contributed by atoms with Gasteiger partial charge in [-0.25, -0.2) is 9.97 Å². The lowest BCUT2D eigenvalue weighted by Crippen LogP contribution is -2.14. The Morgan fingerprint density at radius 1 is 1.32 bits per heavy atom. The predicted molar refractivity (Wildman–Crippen MR) is 71.4 cm³/mol. The molecule has 0 bridgehead atoms. The summed E-state index contributed by atoms with van der Waals surface area (Å²) in [6, 6.07) is 1.56. The van der Waals surface area contributed by atoms with Gasteiger partial charge in [0.05, 0.1) is 0 Å². The Balaban J connectivity index is 2.93. The third-order valence-electron chi connectivity index (χ3n) is 2.53. The van der Waals surface area contributed by atoms with Gasteiger partial charge < -0.3 is 5.32 Å². The van der Waals surface area contributed by atoms with Crippen LogP contribution in [0.5, 0.6) is 0 Å². The van der Waals surface area contributed by atoms with E-state index in [0.717, 1.165) is 12.2 Å². The highest BCUT2D eigenvalue weighted by atomic mass is 32.2. The fraction of sp³-hybridized carbons (Fsp3) is 0.667. The maximum absolute atomic E-state index is 12.7. The van der Waals surface area contributed by atoms with Crippen LogP contribution in [0.1, 0.15) is 33.0 Å². The van der Waals surface area contributed by atoms with Gasteiger partial charge in [0.15, 0.2) is 0 Å². The molecule has 108 valence electrons. The van der Waals surface area contributed by atoms with Gasteiger partial charge in [-0.05, 0) is 12.8 Å². The average Bonchev–Trinajstić information content (AvgIpc) is 2.35. The van der Waals surface area contributed by atoms with Crippen LogP contribution in [0.4, 0.5) is 19.0 Å². The molecule has 0 fully saturated rings. The Labute approximate surface area is 115 Å². The third-order valence-corrected chi connectivity index (χ3v) is 3.77. The van der Waals surface area contributed by atoms with Crippen LogP contribution in [0.2, 0.25) is 0 Å². The van der Waals surface area contributed by atoms with Gasteiger partial charge in [-0.15, -0.1) is 11.8 Å². The summed E-state index contributed by atoms with van der Waals surface area (Å²) in [7, 11) is 0. The molecule has 1 aromatic rings. The Hall–Kier alpha value is -0.980. The van der Waals surface area contributed by atoms with E-state index in [9.17, 15) is 13.2 Å². The van der Waals surface area contributed by atoms with E-state index in [4.69, 9.17) is 0 Å². The number of hydrogen-bond donors (Lipinski definition) is 1. The van der Waals surface area contributed by atoms with Crippen molar-refractivity contribution in [1.29, 1.82) is 0 Å². The number of rotatable bonds is 6. The maximum atomic E-state index is 12.7. The summed E-state index contributed by atoms with van der Waals surface area (Å²) in [5, 5.41) is 3.16. The number of anilines is 1. The van der Waals surface area contributed by atoms with E-state index in [-0.39, 0.29) is 5.82 Å². The van der Waals surface area contributed by atoms with Crippen molar-refractivity contribution in [3.05, 3.63) is 11.9 Å². The monoisotopic (exact) mass is 293 g/mol. The number of thioether (sulfide) groups is 1. The fourth-order valence-corrected chi connectivity index (χ4v) is 2.28. The largest absolute Gasteiger partial charge is 0.451 e. The zero-order valence-electron chi connectivity index (χ0n) is 11.2. The van der Waals surface area contributed by atoms with E-state index in [1.807, 2.05) is 0 Å². The minimum Gasteiger partial charge on any atom is -0.370 e. The van der Waals surface area contributed by atoms with Crippen LogP contribution >= 0.6 is 11.8 Å². The van der Waals surface area contributed by atoms with Gasteiger partial charge in [-0.3, -0.25) is 0 Å². The Bertz CT molecular complexity index is 410. The van der Waals surface area contributed by atoms with Crippen molar-refractivity contribution < 1.29 is 13.2 Å². The lowest BCUT2D eigenvalue weighted by Gasteiger charge is -2.12. The van der Waals surface area contributed by atoms with Gasteiger partial charge in [0.25, 0.3) is 0 Å². The predicted octanol–water partition coefficient (Wildman–Crippen LogP) is 4.07. The van der Waals surface area contributed by atoms with Crippen molar-refractivity contribution in [2.75, 3.05) is 17.6 Å². The first kappa shape index (κ1) is 16.1. The van der Waals surface area contributed by atoms with Crippen molar-refractivity contribution >= 4 is 17.6 Å². The molecule has 1 rings (SSSR count). The molecule has 3 nitrogen and oxygen atoms in total. The molecule has 1 N–H and O–H groups in total. The lowest BCUT2D eigenvalue weighted by molar-refractivity contribution is -0.145. The van der Waals surface area contributed by atoms with Gasteiger partial charge in [0.2, 0.25) is 5.82 Å². The molecule has 1 atom stereocenters. The number of alkyl halides is 3. The van der Waals surface area contributed by atoms with Crippen LogP contribution in [0.15, 0.2) is 11.1 Å². The molecule has 19 heavy (non-hydrogen) atoms. The smallest absolute Gasteiger partial charge is 0.370 e. The molecule has 0 saturated carbocycles. The average molecular weight is 293 g/mol. The molecule has 0 saturated heterocycles. The molecule has 0 spiro atoms. The molecule has 1 aromatic heterocycles. The molecule has 0 aliphatic rings. The van der Waals surface area contributed by atoms with Gasteiger partial charge in [-0.1, -0.05) is 20.3 Å². The molecule has 0 aromatic carbocycles. The quantitative estimate of drug-likeness (QED) is 0.634. The molecule has 1 heterocycles. The van der Waals surface area contributed by atoms with Gasteiger partial charge in [0.1, 0.15) is 10.8 Å². The highest BCUT2D eigenvalue weighted by molar-refractivity contribution is 7.99. The third kappa shape index (κ3) is 5.26. The van der Waals surface area contributed by atoms with E-state index in [1.165, 1.54) is 11.8 Å². The van der Waals surface area contributed by atoms with Crippen LogP contribution in [0.25, 0.3) is 0 Å².